The van der Waals surface area contributed by atoms with Crippen molar-refractivity contribution in [3.05, 3.63) is 54.1 Å². The van der Waals surface area contributed by atoms with E-state index in [1.54, 1.807) is 14.2 Å². The summed E-state index contributed by atoms with van der Waals surface area (Å²) in [4.78, 5) is 7.03. The molecular formula is C27H36N4O2. The van der Waals surface area contributed by atoms with Crippen molar-refractivity contribution in [2.75, 3.05) is 45.1 Å². The average Bonchev–Trinajstić information content (AvgIpc) is 2.84. The predicted molar refractivity (Wildman–Crippen MR) is 137 cm³/mol. The molecule has 6 heteroatoms. The molecule has 0 bridgehead atoms. The molecule has 33 heavy (non-hydrogen) atoms. The maximum atomic E-state index is 5.38. The Morgan fingerprint density at radius 1 is 0.939 bits per heavy atom. The lowest BCUT2D eigenvalue weighted by Crippen LogP contribution is -2.31. The van der Waals surface area contributed by atoms with Crippen molar-refractivity contribution in [2.45, 2.75) is 38.3 Å². The van der Waals surface area contributed by atoms with Crippen LogP contribution in [0.5, 0.6) is 11.5 Å². The number of ether oxygens (including phenoxy) is 2. The van der Waals surface area contributed by atoms with Gasteiger partial charge in [-0.05, 0) is 61.9 Å². The number of anilines is 2. The molecule has 0 amide bonds. The molecule has 1 aromatic heterocycles. The summed E-state index contributed by atoms with van der Waals surface area (Å²) in [6, 6.07) is 17.1. The molecular weight excluding hydrogens is 412 g/mol. The van der Waals surface area contributed by atoms with Gasteiger partial charge in [0.05, 0.1) is 19.7 Å². The van der Waals surface area contributed by atoms with Crippen LogP contribution in [0.3, 0.4) is 0 Å². The van der Waals surface area contributed by atoms with Gasteiger partial charge in [0.15, 0.2) is 0 Å². The van der Waals surface area contributed by atoms with Crippen LogP contribution in [-0.4, -0.2) is 45.9 Å². The Morgan fingerprint density at radius 2 is 1.64 bits per heavy atom. The zero-order valence-corrected chi connectivity index (χ0v) is 20.2. The molecule has 1 saturated carbocycles. The van der Waals surface area contributed by atoms with Crippen molar-refractivity contribution in [2.24, 2.45) is 5.92 Å². The maximum Gasteiger partial charge on any atom is 0.128 e. The van der Waals surface area contributed by atoms with Crippen molar-refractivity contribution >= 4 is 22.4 Å². The predicted octanol–water partition coefficient (Wildman–Crippen LogP) is 5.08. The largest absolute Gasteiger partial charge is 0.497 e. The van der Waals surface area contributed by atoms with E-state index in [4.69, 9.17) is 14.5 Å². The highest BCUT2D eigenvalue weighted by Gasteiger charge is 2.21. The van der Waals surface area contributed by atoms with E-state index in [-0.39, 0.29) is 0 Å². The van der Waals surface area contributed by atoms with E-state index in [0.29, 0.717) is 12.0 Å². The molecule has 1 aliphatic carbocycles. The van der Waals surface area contributed by atoms with E-state index in [1.807, 2.05) is 6.07 Å². The average molecular weight is 449 g/mol. The highest BCUT2D eigenvalue weighted by atomic mass is 16.5. The van der Waals surface area contributed by atoms with Crippen LogP contribution in [0.25, 0.3) is 10.9 Å². The van der Waals surface area contributed by atoms with Gasteiger partial charge in [-0.25, -0.2) is 4.98 Å². The van der Waals surface area contributed by atoms with E-state index in [2.05, 4.69) is 72.1 Å². The second-order valence-electron chi connectivity index (χ2n) is 9.15. The van der Waals surface area contributed by atoms with Gasteiger partial charge < -0.3 is 25.0 Å². The number of benzene rings is 2. The van der Waals surface area contributed by atoms with Crippen molar-refractivity contribution in [3.8, 4) is 11.5 Å². The lowest BCUT2D eigenvalue weighted by molar-refractivity contribution is 0.324. The maximum absolute atomic E-state index is 5.38. The molecule has 2 aromatic carbocycles. The van der Waals surface area contributed by atoms with Crippen LogP contribution in [0.15, 0.2) is 48.5 Å². The molecule has 0 atom stereocenters. The molecule has 1 aliphatic rings. The molecule has 6 nitrogen and oxygen atoms in total. The fourth-order valence-electron chi connectivity index (χ4n) is 4.71. The first-order valence-corrected chi connectivity index (χ1v) is 11.8. The first kappa shape index (κ1) is 23.2. The third-order valence-corrected chi connectivity index (χ3v) is 6.55. The normalized spacial score (nSPS) is 18.2. The molecule has 1 fully saturated rings. The Hall–Kier alpha value is -2.99. The molecule has 2 N–H and O–H groups in total. The zero-order valence-electron chi connectivity index (χ0n) is 20.2. The second-order valence-corrected chi connectivity index (χ2v) is 9.15. The molecule has 0 aliphatic heterocycles. The molecule has 4 rings (SSSR count). The first-order valence-electron chi connectivity index (χ1n) is 11.8. The van der Waals surface area contributed by atoms with Crippen molar-refractivity contribution in [1.82, 2.24) is 10.3 Å². The monoisotopic (exact) mass is 448 g/mol. The van der Waals surface area contributed by atoms with Crippen molar-refractivity contribution in [1.29, 1.82) is 0 Å². The Balaban J connectivity index is 1.28. The van der Waals surface area contributed by atoms with Gasteiger partial charge in [0.1, 0.15) is 17.3 Å². The highest BCUT2D eigenvalue weighted by Crippen LogP contribution is 2.30. The lowest BCUT2D eigenvalue weighted by Gasteiger charge is -2.30. The number of hydrogen-bond acceptors (Lipinski definition) is 6. The summed E-state index contributed by atoms with van der Waals surface area (Å²) in [5.41, 5.74) is 3.43. The summed E-state index contributed by atoms with van der Waals surface area (Å²) in [5.74, 6) is 3.35. The molecule has 3 aromatic rings. The van der Waals surface area contributed by atoms with Gasteiger partial charge in [-0.3, -0.25) is 0 Å². The topological polar surface area (TPSA) is 58.7 Å². The number of para-hydroxylation sites is 1. The number of nitrogens with zero attached hydrogens (tertiary/aromatic N) is 2. The summed E-state index contributed by atoms with van der Waals surface area (Å²) < 4.78 is 10.8. The third-order valence-electron chi connectivity index (χ3n) is 6.55. The fraction of sp³-hybridized carbons (Fsp3) is 0.444. The van der Waals surface area contributed by atoms with E-state index < -0.39 is 0 Å². The van der Waals surface area contributed by atoms with Crippen molar-refractivity contribution in [3.63, 3.8) is 0 Å². The quantitative estimate of drug-likeness (QED) is 0.476. The SMILES string of the molecule is COc1cc(CNCC2CCC(Nc3cc(N(C)C)c4ccccc4n3)CC2)cc(OC)c1. The Kier molecular flexibility index (Phi) is 7.55. The summed E-state index contributed by atoms with van der Waals surface area (Å²) in [7, 11) is 7.55. The fourth-order valence-corrected chi connectivity index (χ4v) is 4.71. The van der Waals surface area contributed by atoms with Gasteiger partial charge in [-0.1, -0.05) is 18.2 Å². The summed E-state index contributed by atoms with van der Waals surface area (Å²) in [6.45, 7) is 1.85. The summed E-state index contributed by atoms with van der Waals surface area (Å²) >= 11 is 0. The molecule has 0 saturated heterocycles. The number of nitrogens with one attached hydrogen (secondary N) is 2. The van der Waals surface area contributed by atoms with E-state index >= 15 is 0 Å². The van der Waals surface area contributed by atoms with Crippen LogP contribution in [0, 0.1) is 5.92 Å². The van der Waals surface area contributed by atoms with Crippen LogP contribution < -0.4 is 25.0 Å². The Labute approximate surface area is 197 Å². The van der Waals surface area contributed by atoms with Crippen LogP contribution in [-0.2, 0) is 6.54 Å². The van der Waals surface area contributed by atoms with Crippen LogP contribution >= 0.6 is 0 Å². The van der Waals surface area contributed by atoms with Crippen molar-refractivity contribution < 1.29 is 9.47 Å². The number of rotatable bonds is 9. The van der Waals surface area contributed by atoms with Crippen LogP contribution in [0.2, 0.25) is 0 Å². The Morgan fingerprint density at radius 3 is 2.30 bits per heavy atom. The first-order chi connectivity index (χ1) is 16.1. The molecule has 176 valence electrons. The van der Waals surface area contributed by atoms with Crippen LogP contribution in [0.1, 0.15) is 31.2 Å². The highest BCUT2D eigenvalue weighted by molar-refractivity contribution is 5.93. The van der Waals surface area contributed by atoms with E-state index in [1.165, 1.54) is 42.3 Å². The van der Waals surface area contributed by atoms with Gasteiger partial charge >= 0.3 is 0 Å². The number of methoxy groups -OCH3 is 2. The lowest BCUT2D eigenvalue weighted by atomic mass is 9.86. The Bertz CT molecular complexity index is 1040. The van der Waals surface area contributed by atoms with E-state index in [9.17, 15) is 0 Å². The molecule has 1 heterocycles. The number of aromatic nitrogens is 1. The number of hydrogen-bond donors (Lipinski definition) is 2. The second kappa shape index (κ2) is 10.8. The summed E-state index contributed by atoms with van der Waals surface area (Å²) in [5, 5.41) is 8.53. The molecule has 0 radical (unpaired) electrons. The van der Waals surface area contributed by atoms with Gasteiger partial charge in [0.25, 0.3) is 0 Å². The minimum atomic E-state index is 0.479. The smallest absolute Gasteiger partial charge is 0.128 e. The molecule has 0 unspecified atom stereocenters. The molecule has 0 spiro atoms. The minimum absolute atomic E-state index is 0.479. The standard InChI is InChI=1S/C27H36N4O2/c1-31(2)26-16-27(30-25-8-6-5-7-24(25)26)29-21-11-9-19(10-12-21)17-28-18-20-13-22(32-3)15-23(14-20)33-4/h5-8,13-16,19,21,28H,9-12,17-18H2,1-4H3,(H,29,30). The minimum Gasteiger partial charge on any atom is -0.497 e. The van der Waals surface area contributed by atoms with Gasteiger partial charge in [-0.15, -0.1) is 0 Å². The van der Waals surface area contributed by atoms with Gasteiger partial charge in [0, 0.05) is 49.9 Å². The van der Waals surface area contributed by atoms with Gasteiger partial charge in [-0.2, -0.15) is 0 Å². The third kappa shape index (κ3) is 5.88. The zero-order chi connectivity index (χ0) is 23.2. The number of pyridine rings is 1. The number of fused-ring (bicyclic) bond motifs is 1. The summed E-state index contributed by atoms with van der Waals surface area (Å²) in [6.07, 6.45) is 4.79. The van der Waals surface area contributed by atoms with Crippen LogP contribution in [0.4, 0.5) is 11.5 Å². The van der Waals surface area contributed by atoms with E-state index in [0.717, 1.165) is 35.9 Å². The van der Waals surface area contributed by atoms with Gasteiger partial charge in [0.2, 0.25) is 0 Å².